The molecule has 6 nitrogen and oxygen atoms in total. The standard InChI is InChI=1S/C14H15N5O/c1-3-20-11-5-7-16-13-12(11)9(8-19(13)2)10-4-6-17-14(15)18-10/h4-8H,3H2,1-2H3,(H2,15,17,18). The number of rotatable bonds is 3. The van der Waals surface area contributed by atoms with Gasteiger partial charge in [-0.1, -0.05) is 0 Å². The van der Waals surface area contributed by atoms with Gasteiger partial charge in [-0.25, -0.2) is 15.0 Å². The molecule has 0 bridgehead atoms. The third kappa shape index (κ3) is 1.95. The minimum atomic E-state index is 0.251. The van der Waals surface area contributed by atoms with Crippen molar-refractivity contribution in [2.75, 3.05) is 12.3 Å². The maximum absolute atomic E-state index is 5.70. The summed E-state index contributed by atoms with van der Waals surface area (Å²) in [6.07, 6.45) is 5.36. The topological polar surface area (TPSA) is 78.8 Å². The smallest absolute Gasteiger partial charge is 0.220 e. The monoisotopic (exact) mass is 269 g/mol. The quantitative estimate of drug-likeness (QED) is 0.786. The molecule has 0 aliphatic rings. The number of nitrogens with two attached hydrogens (primary N) is 1. The molecule has 6 heteroatoms. The lowest BCUT2D eigenvalue weighted by Crippen LogP contribution is -1.96. The zero-order valence-corrected chi connectivity index (χ0v) is 11.4. The van der Waals surface area contributed by atoms with Crippen molar-refractivity contribution in [2.45, 2.75) is 6.92 Å². The van der Waals surface area contributed by atoms with Crippen molar-refractivity contribution in [1.82, 2.24) is 19.5 Å². The Morgan fingerprint density at radius 2 is 2.05 bits per heavy atom. The number of fused-ring (bicyclic) bond motifs is 1. The van der Waals surface area contributed by atoms with Gasteiger partial charge in [-0.3, -0.25) is 0 Å². The van der Waals surface area contributed by atoms with Crippen molar-refractivity contribution < 1.29 is 4.74 Å². The summed E-state index contributed by atoms with van der Waals surface area (Å²) in [6, 6.07) is 3.69. The van der Waals surface area contributed by atoms with Gasteiger partial charge in [0, 0.05) is 31.2 Å². The SMILES string of the molecule is CCOc1ccnc2c1c(-c1ccnc(N)n1)cn2C. The van der Waals surface area contributed by atoms with Gasteiger partial charge >= 0.3 is 0 Å². The highest BCUT2D eigenvalue weighted by atomic mass is 16.5. The molecular weight excluding hydrogens is 254 g/mol. The van der Waals surface area contributed by atoms with Crippen LogP contribution in [0.15, 0.2) is 30.7 Å². The fourth-order valence-electron chi connectivity index (χ4n) is 2.27. The molecule has 3 heterocycles. The number of anilines is 1. The molecule has 20 heavy (non-hydrogen) atoms. The van der Waals surface area contributed by atoms with Gasteiger partial charge in [0.2, 0.25) is 5.95 Å². The molecule has 0 unspecified atom stereocenters. The Balaban J connectivity index is 2.30. The molecule has 3 aromatic heterocycles. The number of hydrogen-bond acceptors (Lipinski definition) is 5. The summed E-state index contributed by atoms with van der Waals surface area (Å²) in [5.41, 5.74) is 8.22. The normalized spacial score (nSPS) is 10.9. The number of ether oxygens (including phenoxy) is 1. The highest BCUT2D eigenvalue weighted by Crippen LogP contribution is 2.34. The first-order chi connectivity index (χ1) is 9.70. The molecule has 0 amide bonds. The summed E-state index contributed by atoms with van der Waals surface area (Å²) in [6.45, 7) is 2.55. The molecule has 3 aromatic rings. The third-order valence-electron chi connectivity index (χ3n) is 3.07. The van der Waals surface area contributed by atoms with Crippen LogP contribution in [0.4, 0.5) is 5.95 Å². The Morgan fingerprint density at radius 1 is 1.25 bits per heavy atom. The molecule has 3 rings (SSSR count). The molecule has 0 aliphatic heterocycles. The minimum Gasteiger partial charge on any atom is -0.493 e. The van der Waals surface area contributed by atoms with Crippen LogP contribution in [0, 0.1) is 0 Å². The molecule has 0 aromatic carbocycles. The van der Waals surface area contributed by atoms with Crippen LogP contribution < -0.4 is 10.5 Å². The van der Waals surface area contributed by atoms with Crippen LogP contribution in [0.2, 0.25) is 0 Å². The van der Waals surface area contributed by atoms with Gasteiger partial charge in [0.15, 0.2) is 0 Å². The van der Waals surface area contributed by atoms with Crippen LogP contribution in [0.1, 0.15) is 6.92 Å². The van der Waals surface area contributed by atoms with Crippen LogP contribution in [0.3, 0.4) is 0 Å². The van der Waals surface area contributed by atoms with Gasteiger partial charge in [0.1, 0.15) is 11.4 Å². The Kier molecular flexibility index (Phi) is 2.98. The summed E-state index contributed by atoms with van der Waals surface area (Å²) < 4.78 is 7.65. The highest BCUT2D eigenvalue weighted by Gasteiger charge is 2.15. The largest absolute Gasteiger partial charge is 0.493 e. The molecule has 0 radical (unpaired) electrons. The van der Waals surface area contributed by atoms with Gasteiger partial charge in [-0.2, -0.15) is 0 Å². The van der Waals surface area contributed by atoms with Crippen molar-refractivity contribution in [1.29, 1.82) is 0 Å². The van der Waals surface area contributed by atoms with E-state index in [4.69, 9.17) is 10.5 Å². The van der Waals surface area contributed by atoms with Crippen molar-refractivity contribution in [3.63, 3.8) is 0 Å². The first-order valence-corrected chi connectivity index (χ1v) is 6.36. The predicted molar refractivity (Wildman–Crippen MR) is 77.3 cm³/mol. The van der Waals surface area contributed by atoms with Crippen LogP contribution in [-0.4, -0.2) is 26.1 Å². The highest BCUT2D eigenvalue weighted by molar-refractivity contribution is 5.97. The van der Waals surface area contributed by atoms with Crippen molar-refractivity contribution >= 4 is 17.0 Å². The minimum absolute atomic E-state index is 0.251. The van der Waals surface area contributed by atoms with E-state index in [-0.39, 0.29) is 5.95 Å². The van der Waals surface area contributed by atoms with E-state index in [1.54, 1.807) is 12.4 Å². The molecule has 0 aliphatic carbocycles. The van der Waals surface area contributed by atoms with Crippen LogP contribution in [-0.2, 0) is 7.05 Å². The van der Waals surface area contributed by atoms with E-state index >= 15 is 0 Å². The van der Waals surface area contributed by atoms with E-state index < -0.39 is 0 Å². The maximum atomic E-state index is 5.70. The van der Waals surface area contributed by atoms with Crippen molar-refractivity contribution in [2.24, 2.45) is 7.05 Å². The van der Waals surface area contributed by atoms with E-state index in [0.29, 0.717) is 6.61 Å². The summed E-state index contributed by atoms with van der Waals surface area (Å²) in [4.78, 5) is 12.6. The fraction of sp³-hybridized carbons (Fsp3) is 0.214. The van der Waals surface area contributed by atoms with Gasteiger partial charge in [0.05, 0.1) is 17.7 Å². The number of aryl methyl sites for hydroxylation is 1. The zero-order valence-electron chi connectivity index (χ0n) is 11.4. The lowest BCUT2D eigenvalue weighted by molar-refractivity contribution is 0.344. The summed E-state index contributed by atoms with van der Waals surface area (Å²) >= 11 is 0. The molecule has 2 N–H and O–H groups in total. The van der Waals surface area contributed by atoms with E-state index in [9.17, 15) is 0 Å². The van der Waals surface area contributed by atoms with E-state index in [0.717, 1.165) is 28.0 Å². The molecule has 0 spiro atoms. The van der Waals surface area contributed by atoms with E-state index in [1.807, 2.05) is 36.9 Å². The van der Waals surface area contributed by atoms with Gasteiger partial charge in [0.25, 0.3) is 0 Å². The Hall–Kier alpha value is -2.63. The number of nitrogen functional groups attached to an aromatic ring is 1. The first kappa shape index (κ1) is 12.4. The summed E-state index contributed by atoms with van der Waals surface area (Å²) in [5.74, 6) is 1.05. The van der Waals surface area contributed by atoms with Crippen LogP contribution >= 0.6 is 0 Å². The second-order valence-electron chi connectivity index (χ2n) is 4.39. The van der Waals surface area contributed by atoms with Crippen LogP contribution in [0.25, 0.3) is 22.3 Å². The van der Waals surface area contributed by atoms with E-state index in [2.05, 4.69) is 15.0 Å². The maximum Gasteiger partial charge on any atom is 0.220 e. The van der Waals surface area contributed by atoms with Crippen LogP contribution in [0.5, 0.6) is 5.75 Å². The average Bonchev–Trinajstić information content (AvgIpc) is 2.78. The Bertz CT molecular complexity index is 765. The Morgan fingerprint density at radius 3 is 2.80 bits per heavy atom. The predicted octanol–water partition coefficient (Wildman–Crippen LogP) is 2.01. The molecule has 0 atom stereocenters. The lowest BCUT2D eigenvalue weighted by atomic mass is 10.1. The average molecular weight is 269 g/mol. The first-order valence-electron chi connectivity index (χ1n) is 6.36. The molecule has 0 saturated carbocycles. The van der Waals surface area contributed by atoms with Gasteiger partial charge < -0.3 is 15.0 Å². The summed E-state index contributed by atoms with van der Waals surface area (Å²) in [7, 11) is 1.94. The second kappa shape index (κ2) is 4.80. The number of aromatic nitrogens is 4. The number of hydrogen-bond donors (Lipinski definition) is 1. The second-order valence-corrected chi connectivity index (χ2v) is 4.39. The zero-order chi connectivity index (χ0) is 14.1. The lowest BCUT2D eigenvalue weighted by Gasteiger charge is -2.06. The van der Waals surface area contributed by atoms with Gasteiger partial charge in [-0.15, -0.1) is 0 Å². The molecule has 102 valence electrons. The van der Waals surface area contributed by atoms with E-state index in [1.165, 1.54) is 0 Å². The molecular formula is C14H15N5O. The Labute approximate surface area is 116 Å². The summed E-state index contributed by atoms with van der Waals surface area (Å²) in [5, 5.41) is 0.940. The number of nitrogens with zero attached hydrogens (tertiary/aromatic N) is 4. The van der Waals surface area contributed by atoms with Gasteiger partial charge in [-0.05, 0) is 19.1 Å². The van der Waals surface area contributed by atoms with Crippen molar-refractivity contribution in [3.05, 3.63) is 30.7 Å². The third-order valence-corrected chi connectivity index (χ3v) is 3.07. The molecule has 0 saturated heterocycles. The fourth-order valence-corrected chi connectivity index (χ4v) is 2.27. The van der Waals surface area contributed by atoms with Crippen molar-refractivity contribution in [3.8, 4) is 17.0 Å². The molecule has 0 fully saturated rings. The number of pyridine rings is 1.